The molecule has 0 fully saturated rings. The summed E-state index contributed by atoms with van der Waals surface area (Å²) >= 11 is 0. The average molecular weight is 423 g/mol. The number of rotatable bonds is 7. The summed E-state index contributed by atoms with van der Waals surface area (Å²) in [4.78, 5) is 0. The van der Waals surface area contributed by atoms with E-state index in [4.69, 9.17) is 4.43 Å². The van der Waals surface area contributed by atoms with Gasteiger partial charge in [-0.05, 0) is 58.8 Å². The van der Waals surface area contributed by atoms with E-state index in [2.05, 4.69) is 112 Å². The summed E-state index contributed by atoms with van der Waals surface area (Å²) in [6, 6.07) is 0.980. The van der Waals surface area contributed by atoms with Crippen molar-refractivity contribution in [1.82, 2.24) is 0 Å². The fourth-order valence-electron chi connectivity index (χ4n) is 3.21. The van der Waals surface area contributed by atoms with Gasteiger partial charge in [-0.25, -0.2) is 0 Å². The van der Waals surface area contributed by atoms with Crippen molar-refractivity contribution < 1.29 is 4.43 Å². The summed E-state index contributed by atoms with van der Waals surface area (Å²) in [6.07, 6.45) is 0. The molecule has 1 nitrogen and oxygen atoms in total. The van der Waals surface area contributed by atoms with Crippen molar-refractivity contribution >= 4 is 23.5 Å². The third-order valence-electron chi connectivity index (χ3n) is 4.80. The van der Waals surface area contributed by atoms with Crippen molar-refractivity contribution in [2.75, 3.05) is 0 Å². The monoisotopic (exact) mass is 422 g/mol. The van der Waals surface area contributed by atoms with E-state index in [9.17, 15) is 0 Å². The van der Waals surface area contributed by atoms with Gasteiger partial charge in [0.1, 0.15) is 0 Å². The molecule has 0 aromatic rings. The second-order valence-corrected chi connectivity index (χ2v) is 31.5. The number of hydrogen-bond donors (Lipinski definition) is 0. The Hall–Kier alpha value is -0.349. The standard InChI is InChI=1S/C23H46OSi3/c1-19(2)20(3)18-27(26(13,14)15,17-16-22(4,5)6)21(23(7,8)9)24-25(10,11)12/h21H,1,3,18H2,2,4-15H3. The first kappa shape index (κ1) is 26.7. The lowest BCUT2D eigenvalue weighted by Crippen LogP contribution is -2.70. The SMILES string of the molecule is C=C(C)C(=C)C[Si](C#CC(C)(C)C)(C(O[Si](C)(C)C)C(C)(C)C)[Si](C)(C)C. The molecule has 0 aliphatic rings. The Morgan fingerprint density at radius 1 is 0.926 bits per heavy atom. The summed E-state index contributed by atoms with van der Waals surface area (Å²) < 4.78 is 7.00. The molecule has 156 valence electrons. The van der Waals surface area contributed by atoms with E-state index in [1.54, 1.807) is 0 Å². The van der Waals surface area contributed by atoms with Gasteiger partial charge < -0.3 is 4.43 Å². The van der Waals surface area contributed by atoms with Crippen LogP contribution < -0.4 is 0 Å². The molecule has 0 N–H and O–H groups in total. The van der Waals surface area contributed by atoms with Crippen molar-refractivity contribution in [2.24, 2.45) is 10.8 Å². The Morgan fingerprint density at radius 3 is 1.63 bits per heavy atom. The first-order chi connectivity index (χ1) is 11.6. The van der Waals surface area contributed by atoms with Gasteiger partial charge in [0, 0.05) is 5.41 Å². The van der Waals surface area contributed by atoms with Gasteiger partial charge in [0.15, 0.2) is 15.9 Å². The lowest BCUT2D eigenvalue weighted by molar-refractivity contribution is 0.143. The van der Waals surface area contributed by atoms with Crippen LogP contribution in [0.25, 0.3) is 0 Å². The van der Waals surface area contributed by atoms with Gasteiger partial charge in [-0.3, -0.25) is 0 Å². The minimum absolute atomic E-state index is 0.00987. The number of allylic oxidation sites excluding steroid dienone is 2. The van der Waals surface area contributed by atoms with Crippen molar-refractivity contribution in [1.29, 1.82) is 0 Å². The molecule has 0 saturated carbocycles. The van der Waals surface area contributed by atoms with Crippen LogP contribution in [-0.2, 0) is 4.43 Å². The highest BCUT2D eigenvalue weighted by Crippen LogP contribution is 2.41. The molecule has 4 heteroatoms. The van der Waals surface area contributed by atoms with Crippen LogP contribution in [0.5, 0.6) is 0 Å². The zero-order chi connectivity index (χ0) is 22.1. The first-order valence-corrected chi connectivity index (χ1v) is 20.4. The Balaban J connectivity index is 6.92. The molecule has 2 unspecified atom stereocenters. The molecular weight excluding hydrogens is 377 g/mol. The first-order valence-electron chi connectivity index (χ1n) is 10.2. The predicted molar refractivity (Wildman–Crippen MR) is 133 cm³/mol. The normalized spacial score (nSPS) is 16.8. The van der Waals surface area contributed by atoms with E-state index in [-0.39, 0.29) is 16.6 Å². The lowest BCUT2D eigenvalue weighted by Gasteiger charge is -2.51. The van der Waals surface area contributed by atoms with Gasteiger partial charge in [-0.1, -0.05) is 64.7 Å². The Kier molecular flexibility index (Phi) is 8.46. The molecule has 27 heavy (non-hydrogen) atoms. The maximum Gasteiger partial charge on any atom is 0.183 e. The van der Waals surface area contributed by atoms with Gasteiger partial charge >= 0.3 is 0 Å². The Morgan fingerprint density at radius 2 is 1.37 bits per heavy atom. The maximum atomic E-state index is 7.00. The topological polar surface area (TPSA) is 9.23 Å². The molecule has 0 heterocycles. The van der Waals surface area contributed by atoms with E-state index >= 15 is 0 Å². The van der Waals surface area contributed by atoms with Crippen LogP contribution in [0, 0.1) is 22.3 Å². The van der Waals surface area contributed by atoms with Crippen molar-refractivity contribution in [2.45, 2.75) is 99.5 Å². The quantitative estimate of drug-likeness (QED) is 0.236. The summed E-state index contributed by atoms with van der Waals surface area (Å²) in [7, 11) is -5.57. The fourth-order valence-corrected chi connectivity index (χ4v) is 19.0. The van der Waals surface area contributed by atoms with Crippen molar-refractivity contribution in [3.05, 3.63) is 24.3 Å². The molecular formula is C23H46OSi3. The van der Waals surface area contributed by atoms with Gasteiger partial charge in [0.05, 0.1) is 13.3 Å². The van der Waals surface area contributed by atoms with Crippen LogP contribution in [0.3, 0.4) is 0 Å². The Bertz CT molecular complexity index is 610. The number of hydrogen-bond acceptors (Lipinski definition) is 1. The molecule has 0 saturated heterocycles. The van der Waals surface area contributed by atoms with Crippen LogP contribution in [0.4, 0.5) is 0 Å². The smallest absolute Gasteiger partial charge is 0.183 e. The molecule has 0 spiro atoms. The molecule has 0 amide bonds. The fraction of sp³-hybridized carbons (Fsp3) is 0.739. The summed E-state index contributed by atoms with van der Waals surface area (Å²) in [5, 5.41) is 0. The zero-order valence-corrected chi connectivity index (χ0v) is 23.6. The molecule has 0 aromatic heterocycles. The summed E-state index contributed by atoms with van der Waals surface area (Å²) in [6.45, 7) is 38.7. The lowest BCUT2D eigenvalue weighted by atomic mass is 9.98. The van der Waals surface area contributed by atoms with Crippen LogP contribution in [0.15, 0.2) is 24.3 Å². The highest BCUT2D eigenvalue weighted by Gasteiger charge is 2.56. The molecule has 0 bridgehead atoms. The van der Waals surface area contributed by atoms with E-state index in [0.717, 1.165) is 11.6 Å². The van der Waals surface area contributed by atoms with E-state index < -0.39 is 23.5 Å². The van der Waals surface area contributed by atoms with Gasteiger partial charge in [0.2, 0.25) is 0 Å². The van der Waals surface area contributed by atoms with Gasteiger partial charge in [0.25, 0.3) is 0 Å². The van der Waals surface area contributed by atoms with E-state index in [0.29, 0.717) is 0 Å². The third-order valence-corrected chi connectivity index (χ3v) is 21.8. The second-order valence-electron chi connectivity index (χ2n) is 12.3. The summed E-state index contributed by atoms with van der Waals surface area (Å²) in [5.41, 5.74) is 6.47. The minimum atomic E-state index is -2.18. The van der Waals surface area contributed by atoms with E-state index in [1.165, 1.54) is 5.57 Å². The molecule has 0 aliphatic heterocycles. The van der Waals surface area contributed by atoms with E-state index in [1.807, 2.05) is 0 Å². The van der Waals surface area contributed by atoms with Gasteiger partial charge in [-0.15, -0.1) is 11.5 Å². The molecule has 0 radical (unpaired) electrons. The highest BCUT2D eigenvalue weighted by atomic mass is 29.3. The van der Waals surface area contributed by atoms with Crippen molar-refractivity contribution in [3.8, 4) is 11.5 Å². The van der Waals surface area contributed by atoms with Crippen LogP contribution in [0.2, 0.25) is 45.3 Å². The Labute approximate surface area is 174 Å². The third kappa shape index (κ3) is 8.27. The maximum absolute atomic E-state index is 7.00. The molecule has 0 aliphatic carbocycles. The van der Waals surface area contributed by atoms with Crippen LogP contribution in [-0.4, -0.2) is 29.2 Å². The van der Waals surface area contributed by atoms with Crippen LogP contribution >= 0.6 is 0 Å². The zero-order valence-electron chi connectivity index (χ0n) is 20.6. The van der Waals surface area contributed by atoms with Crippen LogP contribution in [0.1, 0.15) is 48.5 Å². The second kappa shape index (κ2) is 8.57. The largest absolute Gasteiger partial charge is 0.416 e. The molecule has 0 rings (SSSR count). The average Bonchev–Trinajstić information content (AvgIpc) is 2.36. The summed E-state index contributed by atoms with van der Waals surface area (Å²) in [5.74, 6) is 3.66. The van der Waals surface area contributed by atoms with Crippen molar-refractivity contribution in [3.63, 3.8) is 0 Å². The molecule has 0 aromatic carbocycles. The predicted octanol–water partition coefficient (Wildman–Crippen LogP) is 7.38. The molecule has 2 atom stereocenters. The van der Waals surface area contributed by atoms with Gasteiger partial charge in [-0.2, -0.15) is 0 Å². The minimum Gasteiger partial charge on any atom is -0.416 e. The highest BCUT2D eigenvalue weighted by molar-refractivity contribution is 7.45.